The number of rotatable bonds is 11. The van der Waals surface area contributed by atoms with Gasteiger partial charge in [-0.2, -0.15) is 10.6 Å². The van der Waals surface area contributed by atoms with Gasteiger partial charge in [0, 0.05) is 39.8 Å². The summed E-state index contributed by atoms with van der Waals surface area (Å²) in [5.41, 5.74) is 4.11. The first-order valence-electron chi connectivity index (χ1n) is 23.1. The van der Waals surface area contributed by atoms with Crippen molar-refractivity contribution in [2.75, 3.05) is 51.0 Å². The van der Waals surface area contributed by atoms with Crippen LogP contribution in [0.2, 0.25) is 25.7 Å². The number of hydrogen-bond acceptors (Lipinski definition) is 6. The minimum atomic E-state index is -2.37. The Morgan fingerprint density at radius 2 is 1.67 bits per heavy atom. The summed E-state index contributed by atoms with van der Waals surface area (Å²) in [5.74, 6) is 3.83. The van der Waals surface area contributed by atoms with Gasteiger partial charge >= 0.3 is 5.97 Å². The van der Waals surface area contributed by atoms with Gasteiger partial charge in [0.15, 0.2) is 0 Å². The molecule has 9 heteroatoms. The van der Waals surface area contributed by atoms with Crippen molar-refractivity contribution >= 4 is 24.6 Å². The number of carbonyl (C=O) groups excluding carboxylic acids is 1. The van der Waals surface area contributed by atoms with Gasteiger partial charge in [-0.1, -0.05) is 78.6 Å². The first kappa shape index (κ1) is 44.1. The van der Waals surface area contributed by atoms with E-state index in [1.807, 2.05) is 0 Å². The Kier molecular flexibility index (Phi) is 11.9. The van der Waals surface area contributed by atoms with Crippen molar-refractivity contribution in [1.29, 1.82) is 0 Å². The molecule has 10 atom stereocenters. The molecule has 3 N–H and O–H groups in total. The lowest BCUT2D eigenvalue weighted by Crippen LogP contribution is -2.68. The summed E-state index contributed by atoms with van der Waals surface area (Å²) in [5, 5.41) is 4.25. The minimum Gasteiger partial charge on any atom is -0.465 e. The fourth-order valence-electron chi connectivity index (χ4n) is 15.2. The molecule has 0 spiro atoms. The monoisotopic (exact) mass is 829 g/mol. The van der Waals surface area contributed by atoms with Crippen molar-refractivity contribution in [3.63, 3.8) is 0 Å². The molecule has 57 heavy (non-hydrogen) atoms. The molecule has 324 valence electrons. The molecule has 5 fully saturated rings. The van der Waals surface area contributed by atoms with Crippen molar-refractivity contribution < 1.29 is 23.0 Å². The quantitative estimate of drug-likeness (QED) is 0.109. The topological polar surface area (TPSA) is 82.0 Å². The normalized spacial score (nSPS) is 43.3. The van der Waals surface area contributed by atoms with Gasteiger partial charge < -0.3 is 10.1 Å². The van der Waals surface area contributed by atoms with E-state index >= 15 is 0 Å². The van der Waals surface area contributed by atoms with Crippen LogP contribution in [0.5, 0.6) is 0 Å². The summed E-state index contributed by atoms with van der Waals surface area (Å²) >= 11 is 0. The average Bonchev–Trinajstić information content (AvgIpc) is 3.52. The smallest absolute Gasteiger partial charge is 0.315 e. The van der Waals surface area contributed by atoms with Crippen LogP contribution < -0.4 is 5.32 Å². The Bertz CT molecular complexity index is 1610. The van der Waals surface area contributed by atoms with E-state index in [0.29, 0.717) is 60.5 Å². The molecule has 7 rings (SSSR count). The lowest BCUT2D eigenvalue weighted by molar-refractivity contribution is -0.221. The number of fused-ring (bicyclic) bond motifs is 7. The van der Waals surface area contributed by atoms with Crippen LogP contribution in [0.15, 0.2) is 35.5 Å². The predicted octanol–water partition coefficient (Wildman–Crippen LogP) is 11.5. The summed E-state index contributed by atoms with van der Waals surface area (Å²) in [6.45, 7) is 30.2. The molecule has 1 unspecified atom stereocenters. The van der Waals surface area contributed by atoms with Gasteiger partial charge in [-0.3, -0.25) is 18.8 Å². The first-order chi connectivity index (χ1) is 26.6. The average molecular weight is 829 g/mol. The van der Waals surface area contributed by atoms with E-state index in [1.165, 1.54) is 68.1 Å². The summed E-state index contributed by atoms with van der Waals surface area (Å²) in [6.07, 6.45) is 17.8. The Morgan fingerprint density at radius 1 is 0.947 bits per heavy atom. The van der Waals surface area contributed by atoms with Crippen molar-refractivity contribution in [1.82, 2.24) is 10.2 Å². The third-order valence-corrected chi connectivity index (χ3v) is 22.1. The highest BCUT2D eigenvalue weighted by Gasteiger charge is 2.70. The van der Waals surface area contributed by atoms with Crippen LogP contribution in [0.25, 0.3) is 0 Å². The number of carbonyl (C=O) groups is 1. The van der Waals surface area contributed by atoms with Gasteiger partial charge in [0.25, 0.3) is 0 Å². The molecular formula is C48H81FN2O4SSi. The van der Waals surface area contributed by atoms with E-state index in [-0.39, 0.29) is 33.2 Å². The number of allylic oxidation sites excluding steroid dienone is 5. The van der Waals surface area contributed by atoms with E-state index in [4.69, 9.17) is 4.74 Å². The van der Waals surface area contributed by atoms with E-state index in [1.54, 1.807) is 0 Å². The Balaban J connectivity index is 1.09. The van der Waals surface area contributed by atoms with Crippen LogP contribution in [0.3, 0.4) is 0 Å². The fraction of sp³-hybridized carbons (Fsp3) is 0.854. The van der Waals surface area contributed by atoms with Gasteiger partial charge in [-0.05, 0) is 152 Å². The number of halogens is 1. The standard InChI is InChI=1S/C48H81FN2O4SSi/c1-34(2)36-15-22-48(50-25-26-51-27-30-56(53,54)31-28-51)24-23-45(6)38(41(36)48)11-12-40-44(5)18-16-37(43(3,4)39(44)17-19-46(40,45)7)35-13-20-47(33-49,21-14-35)42(52)55-29-32-57(8,9)10/h13,16,36,38-41,50,53-54H,1,11-12,14-15,17-33H2,2-10H3/t36-,38+,39-,40+,41+,44-,45+,46+,47?,48-/m0/s1. The number of ether oxygens (including phenoxy) is 1. The molecular weight excluding hydrogens is 748 g/mol. The number of nitrogens with one attached hydrogen (secondary N) is 1. The molecule has 0 radical (unpaired) electrons. The zero-order valence-corrected chi connectivity index (χ0v) is 39.4. The predicted molar refractivity (Wildman–Crippen MR) is 239 cm³/mol. The van der Waals surface area contributed by atoms with Crippen LogP contribution in [0, 0.1) is 56.7 Å². The van der Waals surface area contributed by atoms with Crippen LogP contribution >= 0.6 is 10.6 Å². The van der Waals surface area contributed by atoms with Crippen LogP contribution in [-0.4, -0.2) is 84.6 Å². The van der Waals surface area contributed by atoms with E-state index in [9.17, 15) is 18.3 Å². The third-order valence-electron chi connectivity index (χ3n) is 18.8. The highest BCUT2D eigenvalue weighted by molar-refractivity contribution is 8.24. The van der Waals surface area contributed by atoms with E-state index < -0.39 is 30.8 Å². The Labute approximate surface area is 349 Å². The van der Waals surface area contributed by atoms with Crippen LogP contribution in [0.1, 0.15) is 119 Å². The molecule has 0 aromatic rings. The molecule has 1 heterocycles. The molecule has 1 saturated heterocycles. The molecule has 1 aliphatic heterocycles. The van der Waals surface area contributed by atoms with Gasteiger partial charge in [0.05, 0.1) is 23.5 Å². The second kappa shape index (κ2) is 15.4. The summed E-state index contributed by atoms with van der Waals surface area (Å²) in [7, 11) is -3.71. The molecule has 6 nitrogen and oxygen atoms in total. The van der Waals surface area contributed by atoms with Crippen molar-refractivity contribution in [3.05, 3.63) is 35.5 Å². The Morgan fingerprint density at radius 3 is 2.30 bits per heavy atom. The van der Waals surface area contributed by atoms with Crippen molar-refractivity contribution in [2.24, 2.45) is 56.7 Å². The molecule has 0 bridgehead atoms. The lowest BCUT2D eigenvalue weighted by Gasteiger charge is -2.72. The fourth-order valence-corrected chi connectivity index (χ4v) is 17.2. The van der Waals surface area contributed by atoms with E-state index in [0.717, 1.165) is 45.1 Å². The number of hydrogen-bond donors (Lipinski definition) is 3. The van der Waals surface area contributed by atoms with Crippen molar-refractivity contribution in [2.45, 2.75) is 150 Å². The second-order valence-electron chi connectivity index (χ2n) is 23.2. The molecule has 0 aromatic heterocycles. The molecule has 4 saturated carbocycles. The molecule has 0 aromatic carbocycles. The number of nitrogens with zero attached hydrogens (tertiary/aromatic N) is 1. The zero-order valence-electron chi connectivity index (χ0n) is 37.5. The highest BCUT2D eigenvalue weighted by Crippen LogP contribution is 2.76. The van der Waals surface area contributed by atoms with Crippen molar-refractivity contribution in [3.8, 4) is 0 Å². The van der Waals surface area contributed by atoms with Gasteiger partial charge in [0.2, 0.25) is 0 Å². The summed E-state index contributed by atoms with van der Waals surface area (Å²) in [4.78, 5) is 15.7. The first-order valence-corrected chi connectivity index (χ1v) is 28.7. The second-order valence-corrected chi connectivity index (χ2v) is 31.2. The third kappa shape index (κ3) is 7.56. The van der Waals surface area contributed by atoms with Gasteiger partial charge in [-0.25, -0.2) is 4.39 Å². The maximum Gasteiger partial charge on any atom is 0.315 e. The summed E-state index contributed by atoms with van der Waals surface area (Å²) < 4.78 is 40.8. The van der Waals surface area contributed by atoms with Gasteiger partial charge in [0.1, 0.15) is 6.67 Å². The lowest BCUT2D eigenvalue weighted by atomic mass is 9.33. The van der Waals surface area contributed by atoms with E-state index in [2.05, 4.69) is 90.1 Å². The number of esters is 1. The largest absolute Gasteiger partial charge is 0.465 e. The number of alkyl halides is 1. The maximum atomic E-state index is 14.7. The molecule has 0 amide bonds. The summed E-state index contributed by atoms with van der Waals surface area (Å²) in [6, 6.07) is 0.914. The zero-order chi connectivity index (χ0) is 41.5. The van der Waals surface area contributed by atoms with Crippen LogP contribution in [-0.2, 0) is 9.53 Å². The minimum absolute atomic E-state index is 0.0130. The Hall–Kier alpha value is -0.973. The van der Waals surface area contributed by atoms with Gasteiger partial charge in [-0.15, -0.1) is 0 Å². The molecule has 7 aliphatic rings. The van der Waals surface area contributed by atoms with Crippen LogP contribution in [0.4, 0.5) is 4.39 Å². The maximum absolute atomic E-state index is 14.7. The highest BCUT2D eigenvalue weighted by atomic mass is 32.3. The SMILES string of the molecule is C=C(C)[C@@H]1CC[C@]2(NCCN3CCS(O)(O)CC3)CC[C@]3(C)[C@H](CC[C@@H]4[C@@]5(C)CC=C(C6=CCC(CF)(C(=O)OCC[Si](C)(C)C)CC6)C(C)(C)[C@@H]5CC[C@]43C)[C@@H]12. The molecule has 6 aliphatic carbocycles.